The molecule has 2 amide bonds. The van der Waals surface area contributed by atoms with Crippen molar-refractivity contribution in [2.45, 2.75) is 69.2 Å². The Bertz CT molecular complexity index is 2440. The van der Waals surface area contributed by atoms with E-state index in [4.69, 9.17) is 14.2 Å². The SMILES string of the molecule is COc1ccc([Si](C)(C)[C@@H]2[C@@H](CC(=O)N3Cc4ccccc4C[C@H]3CO)O[C@]3(C(=O)N(Cc4cccc(-n5cccc(OC)c5=O)c4)c4ccc(Br)cc43)[C@H]2C)cc1. The van der Waals surface area contributed by atoms with Gasteiger partial charge in [-0.3, -0.25) is 19.0 Å². The van der Waals surface area contributed by atoms with E-state index in [1.165, 1.54) is 16.9 Å². The molecule has 0 saturated carbocycles. The number of aliphatic hydroxyl groups excluding tert-OH is 1. The standard InChI is InChI=1S/C46H48BrN3O7Si/c1-29-43(58(4,5)37-18-16-36(55-2)17-19-37)41(25-42(52)49-27-32-12-7-6-11-31(32)23-35(49)28-51)57-46(29)38-24-33(47)15-20-39(38)50(45(46)54)26-30-10-8-13-34(22-30)48-21-9-14-40(56-3)44(48)53/h6-22,24,29,35,41,43,51H,23,25-28H2,1-5H3/t29-,35-,41+,43-,46+/m0/s1. The van der Waals surface area contributed by atoms with Gasteiger partial charge in [-0.15, -0.1) is 0 Å². The van der Waals surface area contributed by atoms with Crippen LogP contribution >= 0.6 is 15.9 Å². The highest BCUT2D eigenvalue weighted by molar-refractivity contribution is 9.10. The van der Waals surface area contributed by atoms with E-state index in [1.54, 1.807) is 35.2 Å². The molecule has 1 fully saturated rings. The number of aliphatic hydroxyl groups is 1. The number of halogens is 1. The fourth-order valence-corrected chi connectivity index (χ4v) is 14.2. The Hall–Kier alpha value is -5.01. The first-order valence-electron chi connectivity index (χ1n) is 19.7. The third-order valence-corrected chi connectivity index (χ3v) is 17.6. The third kappa shape index (κ3) is 6.69. The first-order chi connectivity index (χ1) is 27.9. The number of hydrogen-bond donors (Lipinski definition) is 1. The van der Waals surface area contributed by atoms with Crippen molar-refractivity contribution < 1.29 is 28.9 Å². The van der Waals surface area contributed by atoms with Crippen molar-refractivity contribution in [1.29, 1.82) is 0 Å². The maximum atomic E-state index is 15.5. The van der Waals surface area contributed by atoms with Gasteiger partial charge in [0.1, 0.15) is 5.75 Å². The van der Waals surface area contributed by atoms with Gasteiger partial charge in [-0.1, -0.05) is 89.7 Å². The smallest absolute Gasteiger partial charge is 0.297 e. The molecule has 12 heteroatoms. The number of benzene rings is 4. The van der Waals surface area contributed by atoms with Gasteiger partial charge in [0.05, 0.1) is 59.7 Å². The number of anilines is 1. The van der Waals surface area contributed by atoms with E-state index in [-0.39, 0.29) is 60.2 Å². The number of methoxy groups -OCH3 is 2. The van der Waals surface area contributed by atoms with Gasteiger partial charge in [0.2, 0.25) is 5.91 Å². The quantitative estimate of drug-likeness (QED) is 0.156. The Morgan fingerprint density at radius 3 is 2.41 bits per heavy atom. The molecule has 0 radical (unpaired) electrons. The van der Waals surface area contributed by atoms with Gasteiger partial charge in [0.15, 0.2) is 11.4 Å². The van der Waals surface area contributed by atoms with Crippen LogP contribution in [0.3, 0.4) is 0 Å². The summed E-state index contributed by atoms with van der Waals surface area (Å²) in [5.41, 5.74) is 3.38. The van der Waals surface area contributed by atoms with Crippen molar-refractivity contribution >= 4 is 46.7 Å². The molecule has 5 atom stereocenters. The highest BCUT2D eigenvalue weighted by Crippen LogP contribution is 2.60. The van der Waals surface area contributed by atoms with Gasteiger partial charge in [0.25, 0.3) is 11.5 Å². The lowest BCUT2D eigenvalue weighted by Gasteiger charge is -2.39. The summed E-state index contributed by atoms with van der Waals surface area (Å²) in [6, 6.07) is 32.7. The zero-order valence-corrected chi connectivity index (χ0v) is 35.9. The van der Waals surface area contributed by atoms with E-state index in [9.17, 15) is 14.7 Å². The predicted octanol–water partition coefficient (Wildman–Crippen LogP) is 6.72. The number of aromatic nitrogens is 1. The second kappa shape index (κ2) is 15.6. The van der Waals surface area contributed by atoms with Crippen molar-refractivity contribution in [3.63, 3.8) is 0 Å². The van der Waals surface area contributed by atoms with Gasteiger partial charge < -0.3 is 29.1 Å². The average molecular weight is 863 g/mol. The van der Waals surface area contributed by atoms with Crippen LogP contribution in [0, 0.1) is 5.92 Å². The normalized spacial score (nSPS) is 22.6. The van der Waals surface area contributed by atoms with Crippen LogP contribution < -0.4 is 25.1 Å². The molecule has 0 unspecified atom stereocenters. The molecule has 5 aromatic rings. The molecule has 58 heavy (non-hydrogen) atoms. The number of amides is 2. The Balaban J connectivity index is 1.19. The second-order valence-corrected chi connectivity index (χ2v) is 21.8. The van der Waals surface area contributed by atoms with Crippen LogP contribution in [-0.2, 0) is 39.4 Å². The topological polar surface area (TPSA) is 111 Å². The number of hydrogen-bond acceptors (Lipinski definition) is 7. The number of pyridine rings is 1. The third-order valence-electron chi connectivity index (χ3n) is 12.7. The minimum absolute atomic E-state index is 0.0654. The maximum Gasteiger partial charge on any atom is 0.297 e. The highest BCUT2D eigenvalue weighted by Gasteiger charge is 2.66. The molecule has 4 aromatic carbocycles. The first-order valence-corrected chi connectivity index (χ1v) is 23.5. The summed E-state index contributed by atoms with van der Waals surface area (Å²) in [6.07, 6.45) is 1.74. The largest absolute Gasteiger partial charge is 0.497 e. The minimum Gasteiger partial charge on any atom is -0.497 e. The molecule has 8 rings (SSSR count). The van der Waals surface area contributed by atoms with Crippen LogP contribution in [0.5, 0.6) is 11.5 Å². The zero-order valence-electron chi connectivity index (χ0n) is 33.4. The molecule has 0 aliphatic carbocycles. The monoisotopic (exact) mass is 861 g/mol. The highest BCUT2D eigenvalue weighted by atomic mass is 79.9. The second-order valence-electron chi connectivity index (χ2n) is 16.2. The summed E-state index contributed by atoms with van der Waals surface area (Å²) < 4.78 is 20.5. The zero-order chi connectivity index (χ0) is 40.9. The van der Waals surface area contributed by atoms with Crippen molar-refractivity contribution in [2.24, 2.45) is 5.92 Å². The van der Waals surface area contributed by atoms with E-state index in [2.05, 4.69) is 54.1 Å². The minimum atomic E-state index is -2.55. The van der Waals surface area contributed by atoms with E-state index < -0.39 is 19.8 Å². The number of fused-ring (bicyclic) bond motifs is 3. The Morgan fingerprint density at radius 2 is 1.69 bits per heavy atom. The summed E-state index contributed by atoms with van der Waals surface area (Å²) >= 11 is 3.70. The lowest BCUT2D eigenvalue weighted by molar-refractivity contribution is -0.151. The van der Waals surface area contributed by atoms with E-state index in [0.29, 0.717) is 18.7 Å². The number of rotatable bonds is 10. The van der Waals surface area contributed by atoms with Gasteiger partial charge in [-0.2, -0.15) is 0 Å². The lowest BCUT2D eigenvalue weighted by Crippen LogP contribution is -2.52. The fourth-order valence-electron chi connectivity index (χ4n) is 9.79. The fraction of sp³-hybridized carbons (Fsp3) is 0.326. The van der Waals surface area contributed by atoms with Crippen LogP contribution in [-0.4, -0.2) is 67.4 Å². The molecular formula is C46H48BrN3O7Si. The van der Waals surface area contributed by atoms with Crippen molar-refractivity contribution in [3.05, 3.63) is 146 Å². The maximum absolute atomic E-state index is 15.5. The molecule has 10 nitrogen and oxygen atoms in total. The van der Waals surface area contributed by atoms with Crippen LogP contribution in [0.1, 0.15) is 35.6 Å². The lowest BCUT2D eigenvalue weighted by atomic mass is 9.82. The number of carbonyl (C=O) groups excluding carboxylic acids is 2. The Labute approximate surface area is 348 Å². The van der Waals surface area contributed by atoms with E-state index >= 15 is 4.79 Å². The molecule has 0 bridgehead atoms. The van der Waals surface area contributed by atoms with Crippen molar-refractivity contribution in [2.75, 3.05) is 25.7 Å². The van der Waals surface area contributed by atoms with Crippen molar-refractivity contribution in [1.82, 2.24) is 9.47 Å². The van der Waals surface area contributed by atoms with Gasteiger partial charge in [-0.25, -0.2) is 0 Å². The number of carbonyl (C=O) groups is 2. The molecule has 300 valence electrons. The van der Waals surface area contributed by atoms with Gasteiger partial charge in [0, 0.05) is 34.4 Å². The van der Waals surface area contributed by atoms with Crippen LogP contribution in [0.25, 0.3) is 5.69 Å². The van der Waals surface area contributed by atoms with Gasteiger partial charge in [-0.05, 0) is 83.2 Å². The van der Waals surface area contributed by atoms with E-state index in [0.717, 1.165) is 38.2 Å². The molecule has 1 saturated heterocycles. The summed E-state index contributed by atoms with van der Waals surface area (Å²) in [7, 11) is 0.574. The Kier molecular flexibility index (Phi) is 10.7. The van der Waals surface area contributed by atoms with Crippen LogP contribution in [0.15, 0.2) is 119 Å². The van der Waals surface area contributed by atoms with Gasteiger partial charge >= 0.3 is 0 Å². The summed E-state index contributed by atoms with van der Waals surface area (Å²) in [4.78, 5) is 46.8. The van der Waals surface area contributed by atoms with Crippen LogP contribution in [0.4, 0.5) is 5.69 Å². The average Bonchev–Trinajstić information content (AvgIpc) is 3.65. The van der Waals surface area contributed by atoms with E-state index in [1.807, 2.05) is 72.8 Å². The molecular weight excluding hydrogens is 815 g/mol. The molecule has 1 spiro atoms. The summed E-state index contributed by atoms with van der Waals surface area (Å²) in [5.74, 6) is 0.383. The Morgan fingerprint density at radius 1 is 0.931 bits per heavy atom. The van der Waals surface area contributed by atoms with Crippen molar-refractivity contribution in [3.8, 4) is 17.2 Å². The van der Waals surface area contributed by atoms with Crippen LogP contribution in [0.2, 0.25) is 18.6 Å². The molecule has 1 N–H and O–H groups in total. The number of ether oxygens (including phenoxy) is 3. The first kappa shape index (κ1) is 39.8. The number of nitrogens with zero attached hydrogens (tertiary/aromatic N) is 3. The molecule has 4 heterocycles. The summed E-state index contributed by atoms with van der Waals surface area (Å²) in [5, 5.41) is 11.7. The molecule has 3 aliphatic rings. The summed E-state index contributed by atoms with van der Waals surface area (Å²) in [6.45, 7) is 7.20. The predicted molar refractivity (Wildman–Crippen MR) is 230 cm³/mol. The molecule has 1 aromatic heterocycles. The molecule has 3 aliphatic heterocycles.